The molecule has 0 bridgehead atoms. The topological polar surface area (TPSA) is 63.1 Å². The number of likely N-dealkylation sites (tertiary alicyclic amines) is 1. The average molecular weight is 390 g/mol. The molecule has 0 radical (unpaired) electrons. The molecule has 1 aliphatic heterocycles. The molecule has 1 saturated heterocycles. The van der Waals surface area contributed by atoms with Gasteiger partial charge in [-0.2, -0.15) is 0 Å². The van der Waals surface area contributed by atoms with Crippen LogP contribution in [-0.4, -0.2) is 38.6 Å². The number of pyridine rings is 1. The number of hydrogen-bond acceptors (Lipinski definition) is 3. The van der Waals surface area contributed by atoms with Crippen molar-refractivity contribution in [2.45, 2.75) is 38.8 Å². The zero-order chi connectivity index (χ0) is 20.1. The number of urea groups is 1. The molecule has 2 aromatic heterocycles. The van der Waals surface area contributed by atoms with Gasteiger partial charge in [0.25, 0.3) is 0 Å². The fourth-order valence-corrected chi connectivity index (χ4v) is 3.96. The fraction of sp³-hybridized carbons (Fsp3) is 0.348. The van der Waals surface area contributed by atoms with E-state index in [4.69, 9.17) is 0 Å². The van der Waals surface area contributed by atoms with Crippen LogP contribution < -0.4 is 5.32 Å². The van der Waals surface area contributed by atoms with Gasteiger partial charge in [0.2, 0.25) is 0 Å². The summed E-state index contributed by atoms with van der Waals surface area (Å²) in [6, 6.07) is 14.3. The number of rotatable bonds is 6. The minimum Gasteiger partial charge on any atom is -0.338 e. The van der Waals surface area contributed by atoms with E-state index in [0.717, 1.165) is 49.4 Å². The number of carbonyl (C=O) groups excluding carboxylic acids is 1. The maximum atomic E-state index is 12.9. The Kier molecular flexibility index (Phi) is 5.89. The molecule has 1 fully saturated rings. The Morgan fingerprint density at radius 1 is 1.14 bits per heavy atom. The van der Waals surface area contributed by atoms with Gasteiger partial charge in [0.1, 0.15) is 5.82 Å². The number of carbonyl (C=O) groups is 1. The number of aromatic nitrogens is 3. The van der Waals surface area contributed by atoms with Crippen molar-refractivity contribution < 1.29 is 4.79 Å². The highest BCUT2D eigenvalue weighted by molar-refractivity contribution is 5.75. The van der Waals surface area contributed by atoms with Gasteiger partial charge in [0.05, 0.1) is 12.6 Å². The molecule has 29 heavy (non-hydrogen) atoms. The molecule has 150 valence electrons. The van der Waals surface area contributed by atoms with E-state index >= 15 is 0 Å². The van der Waals surface area contributed by atoms with Gasteiger partial charge < -0.3 is 14.8 Å². The van der Waals surface area contributed by atoms with Crippen molar-refractivity contribution in [1.82, 2.24) is 24.8 Å². The van der Waals surface area contributed by atoms with E-state index in [1.54, 1.807) is 6.20 Å². The number of nitrogens with zero attached hydrogens (tertiary/aromatic N) is 4. The number of benzene rings is 1. The third kappa shape index (κ3) is 4.47. The standard InChI is InChI=1S/C23H27N5O/c1-18-15-26-22(28(18)17-20-9-5-12-24-16-20)21-10-6-14-27(21)23(29)25-13-11-19-7-3-2-4-8-19/h2-5,7-9,12,15-16,21H,6,10-11,13-14,17H2,1H3,(H,25,29). The lowest BCUT2D eigenvalue weighted by Gasteiger charge is -2.25. The zero-order valence-corrected chi connectivity index (χ0v) is 16.8. The van der Waals surface area contributed by atoms with Crippen LogP contribution in [0, 0.1) is 6.92 Å². The molecule has 4 rings (SSSR count). The van der Waals surface area contributed by atoms with E-state index < -0.39 is 0 Å². The summed E-state index contributed by atoms with van der Waals surface area (Å²) in [5.41, 5.74) is 3.46. The summed E-state index contributed by atoms with van der Waals surface area (Å²) in [6.45, 7) is 4.18. The molecule has 3 aromatic rings. The first-order chi connectivity index (χ1) is 14.2. The third-order valence-electron chi connectivity index (χ3n) is 5.49. The number of hydrogen-bond donors (Lipinski definition) is 1. The molecule has 0 spiro atoms. The van der Waals surface area contributed by atoms with E-state index in [1.165, 1.54) is 5.56 Å². The molecule has 1 atom stereocenters. The Hall–Kier alpha value is -3.15. The zero-order valence-electron chi connectivity index (χ0n) is 16.8. The monoisotopic (exact) mass is 389 g/mol. The Morgan fingerprint density at radius 3 is 2.76 bits per heavy atom. The predicted octanol–water partition coefficient (Wildman–Crippen LogP) is 3.72. The minimum absolute atomic E-state index is 0.00277. The maximum absolute atomic E-state index is 12.9. The van der Waals surface area contributed by atoms with Gasteiger partial charge in [0, 0.05) is 37.4 Å². The molecule has 2 amide bonds. The van der Waals surface area contributed by atoms with Gasteiger partial charge in [0.15, 0.2) is 0 Å². The van der Waals surface area contributed by atoms with Crippen molar-refractivity contribution in [2.75, 3.05) is 13.1 Å². The second kappa shape index (κ2) is 8.90. The van der Waals surface area contributed by atoms with Crippen LogP contribution in [0.5, 0.6) is 0 Å². The highest BCUT2D eigenvalue weighted by atomic mass is 16.2. The molecule has 6 heteroatoms. The Bertz CT molecular complexity index is 938. The highest BCUT2D eigenvalue weighted by Gasteiger charge is 2.33. The lowest BCUT2D eigenvalue weighted by Crippen LogP contribution is -2.41. The van der Waals surface area contributed by atoms with Crippen molar-refractivity contribution >= 4 is 6.03 Å². The van der Waals surface area contributed by atoms with Gasteiger partial charge in [-0.25, -0.2) is 9.78 Å². The lowest BCUT2D eigenvalue weighted by molar-refractivity contribution is 0.190. The van der Waals surface area contributed by atoms with Gasteiger partial charge in [-0.05, 0) is 43.4 Å². The summed E-state index contributed by atoms with van der Waals surface area (Å²) < 4.78 is 2.21. The first-order valence-electron chi connectivity index (χ1n) is 10.2. The van der Waals surface area contributed by atoms with Crippen molar-refractivity contribution in [3.63, 3.8) is 0 Å². The Balaban J connectivity index is 1.43. The van der Waals surface area contributed by atoms with Gasteiger partial charge in [-0.3, -0.25) is 4.98 Å². The summed E-state index contributed by atoms with van der Waals surface area (Å²) in [5, 5.41) is 3.09. The van der Waals surface area contributed by atoms with Crippen LogP contribution >= 0.6 is 0 Å². The SMILES string of the molecule is Cc1cnc(C2CCCN2C(=O)NCCc2ccccc2)n1Cc1cccnc1. The van der Waals surface area contributed by atoms with Crippen molar-refractivity contribution in [2.24, 2.45) is 0 Å². The molecule has 1 aliphatic rings. The predicted molar refractivity (Wildman–Crippen MR) is 113 cm³/mol. The highest BCUT2D eigenvalue weighted by Crippen LogP contribution is 2.32. The van der Waals surface area contributed by atoms with Crippen molar-refractivity contribution in [3.8, 4) is 0 Å². The van der Waals surface area contributed by atoms with E-state index in [-0.39, 0.29) is 12.1 Å². The van der Waals surface area contributed by atoms with Crippen molar-refractivity contribution in [1.29, 1.82) is 0 Å². The molecular formula is C23H27N5O. The van der Waals surface area contributed by atoms with Crippen molar-refractivity contribution in [3.05, 3.63) is 83.7 Å². The Labute approximate surface area is 171 Å². The largest absolute Gasteiger partial charge is 0.338 e. The molecule has 3 heterocycles. The summed E-state index contributed by atoms with van der Waals surface area (Å²) in [6.07, 6.45) is 8.33. The van der Waals surface area contributed by atoms with E-state index in [9.17, 15) is 4.79 Å². The second-order valence-corrected chi connectivity index (χ2v) is 7.52. The molecular weight excluding hydrogens is 362 g/mol. The van der Waals surface area contributed by atoms with Gasteiger partial charge in [-0.15, -0.1) is 0 Å². The summed E-state index contributed by atoms with van der Waals surface area (Å²) in [5.74, 6) is 0.960. The number of imidazole rings is 1. The average Bonchev–Trinajstić information content (AvgIpc) is 3.37. The number of nitrogens with one attached hydrogen (secondary N) is 1. The smallest absolute Gasteiger partial charge is 0.318 e. The molecule has 0 aliphatic carbocycles. The summed E-state index contributed by atoms with van der Waals surface area (Å²) in [4.78, 5) is 23.7. The molecule has 1 N–H and O–H groups in total. The van der Waals surface area contributed by atoms with Crippen LogP contribution in [-0.2, 0) is 13.0 Å². The first kappa shape index (κ1) is 19.2. The van der Waals surface area contributed by atoms with Crippen LogP contribution in [0.15, 0.2) is 61.1 Å². The second-order valence-electron chi connectivity index (χ2n) is 7.52. The van der Waals surface area contributed by atoms with Crippen LogP contribution in [0.1, 0.15) is 41.5 Å². The lowest BCUT2D eigenvalue weighted by atomic mass is 10.1. The maximum Gasteiger partial charge on any atom is 0.318 e. The molecule has 1 unspecified atom stereocenters. The number of aryl methyl sites for hydroxylation is 1. The quantitative estimate of drug-likeness (QED) is 0.699. The third-order valence-corrected chi connectivity index (χ3v) is 5.49. The van der Waals surface area contributed by atoms with Crippen LogP contribution in [0.25, 0.3) is 0 Å². The minimum atomic E-state index is -0.00277. The normalized spacial score (nSPS) is 16.2. The Morgan fingerprint density at radius 2 is 1.97 bits per heavy atom. The van der Waals surface area contributed by atoms with E-state index in [1.807, 2.05) is 41.6 Å². The van der Waals surface area contributed by atoms with Gasteiger partial charge >= 0.3 is 6.03 Å². The van der Waals surface area contributed by atoms with Crippen LogP contribution in [0.2, 0.25) is 0 Å². The van der Waals surface area contributed by atoms with Gasteiger partial charge in [-0.1, -0.05) is 36.4 Å². The molecule has 6 nitrogen and oxygen atoms in total. The first-order valence-corrected chi connectivity index (χ1v) is 10.2. The van der Waals surface area contributed by atoms with E-state index in [0.29, 0.717) is 6.54 Å². The number of amides is 2. The van der Waals surface area contributed by atoms with Crippen LogP contribution in [0.3, 0.4) is 0 Å². The van der Waals surface area contributed by atoms with E-state index in [2.05, 4.69) is 45.0 Å². The molecule has 0 saturated carbocycles. The molecule has 1 aromatic carbocycles. The van der Waals surface area contributed by atoms with Crippen LogP contribution in [0.4, 0.5) is 4.79 Å². The summed E-state index contributed by atoms with van der Waals surface area (Å²) >= 11 is 0. The summed E-state index contributed by atoms with van der Waals surface area (Å²) in [7, 11) is 0. The fourth-order valence-electron chi connectivity index (χ4n) is 3.96.